The molecule has 2 bridgehead atoms. The molecule has 1 N–H and O–H groups in total. The van der Waals surface area contributed by atoms with E-state index in [0.717, 1.165) is 35.8 Å². The van der Waals surface area contributed by atoms with E-state index in [4.69, 9.17) is 0 Å². The van der Waals surface area contributed by atoms with Gasteiger partial charge in [0.15, 0.2) is 0 Å². The van der Waals surface area contributed by atoms with Crippen molar-refractivity contribution in [3.05, 3.63) is 12.2 Å². The summed E-state index contributed by atoms with van der Waals surface area (Å²) in [5, 5.41) is 3.80. The maximum atomic E-state index is 3.80. The molecule has 0 aromatic rings. The van der Waals surface area contributed by atoms with Crippen LogP contribution in [0.4, 0.5) is 0 Å². The average molecular weight is 191 g/mol. The number of hydrogen-bond donors (Lipinski definition) is 1. The zero-order chi connectivity index (χ0) is 9.71. The van der Waals surface area contributed by atoms with Gasteiger partial charge in [0, 0.05) is 12.1 Å². The van der Waals surface area contributed by atoms with Crippen molar-refractivity contribution in [2.24, 2.45) is 23.7 Å². The van der Waals surface area contributed by atoms with Crippen LogP contribution in [0.5, 0.6) is 0 Å². The minimum absolute atomic E-state index is 0.741. The lowest BCUT2D eigenvalue weighted by Crippen LogP contribution is -2.37. The van der Waals surface area contributed by atoms with E-state index in [9.17, 15) is 0 Å². The Balaban J connectivity index is 1.58. The molecule has 0 saturated heterocycles. The van der Waals surface area contributed by atoms with E-state index in [0.29, 0.717) is 0 Å². The lowest BCUT2D eigenvalue weighted by atomic mass is 9.87. The molecule has 0 aromatic carbocycles. The van der Waals surface area contributed by atoms with E-state index < -0.39 is 0 Å². The quantitative estimate of drug-likeness (QED) is 0.676. The summed E-state index contributed by atoms with van der Waals surface area (Å²) < 4.78 is 0. The Morgan fingerprint density at radius 3 is 2.50 bits per heavy atom. The molecule has 1 nitrogen and oxygen atoms in total. The highest BCUT2D eigenvalue weighted by atomic mass is 15.0. The molecule has 0 radical (unpaired) electrons. The van der Waals surface area contributed by atoms with E-state index in [-0.39, 0.29) is 0 Å². The summed E-state index contributed by atoms with van der Waals surface area (Å²) >= 11 is 0. The van der Waals surface area contributed by atoms with Crippen LogP contribution >= 0.6 is 0 Å². The molecule has 0 spiro atoms. The Morgan fingerprint density at radius 2 is 2.00 bits per heavy atom. The summed E-state index contributed by atoms with van der Waals surface area (Å²) in [5.41, 5.74) is 0. The summed E-state index contributed by atoms with van der Waals surface area (Å²) in [4.78, 5) is 0. The molecular formula is C13H21N. The topological polar surface area (TPSA) is 12.0 Å². The highest BCUT2D eigenvalue weighted by Crippen LogP contribution is 2.45. The fraction of sp³-hybridized carbons (Fsp3) is 0.846. The Morgan fingerprint density at radius 1 is 1.21 bits per heavy atom. The molecule has 78 valence electrons. The summed E-state index contributed by atoms with van der Waals surface area (Å²) in [5.74, 6) is 3.69. The Bertz CT molecular complexity index is 258. The molecule has 6 atom stereocenters. The number of fused-ring (bicyclic) bond motifs is 2. The summed E-state index contributed by atoms with van der Waals surface area (Å²) in [6.07, 6.45) is 9.19. The first-order valence-corrected chi connectivity index (χ1v) is 6.18. The molecule has 2 saturated carbocycles. The van der Waals surface area contributed by atoms with Gasteiger partial charge in [-0.05, 0) is 49.9 Å². The third-order valence-electron chi connectivity index (χ3n) is 4.56. The second-order valence-corrected chi connectivity index (χ2v) is 5.72. The van der Waals surface area contributed by atoms with E-state index in [2.05, 4.69) is 31.3 Å². The van der Waals surface area contributed by atoms with Crippen molar-refractivity contribution in [1.29, 1.82) is 0 Å². The molecule has 2 fully saturated rings. The lowest BCUT2D eigenvalue weighted by molar-refractivity contribution is 0.322. The fourth-order valence-corrected chi connectivity index (χ4v) is 3.41. The van der Waals surface area contributed by atoms with E-state index in [1.54, 1.807) is 0 Å². The van der Waals surface area contributed by atoms with Gasteiger partial charge < -0.3 is 5.32 Å². The smallest absolute Gasteiger partial charge is 0.00989 e. The van der Waals surface area contributed by atoms with Crippen molar-refractivity contribution in [3.63, 3.8) is 0 Å². The van der Waals surface area contributed by atoms with Gasteiger partial charge >= 0.3 is 0 Å². The van der Waals surface area contributed by atoms with Gasteiger partial charge in [-0.2, -0.15) is 0 Å². The van der Waals surface area contributed by atoms with Crippen LogP contribution in [-0.2, 0) is 0 Å². The van der Waals surface area contributed by atoms with Gasteiger partial charge in [0.1, 0.15) is 0 Å². The standard InChI is InChI=1S/C13H21N/c1-8-5-13(8)14-9(2)12-7-10-3-4-11(12)6-10/h3-4,8-14H,5-7H2,1-2H3. The first-order valence-electron chi connectivity index (χ1n) is 6.18. The van der Waals surface area contributed by atoms with Gasteiger partial charge in [0.05, 0.1) is 0 Å². The molecule has 6 unspecified atom stereocenters. The molecule has 0 aliphatic heterocycles. The van der Waals surface area contributed by atoms with Gasteiger partial charge in [-0.25, -0.2) is 0 Å². The largest absolute Gasteiger partial charge is 0.311 e. The van der Waals surface area contributed by atoms with E-state index in [1.165, 1.54) is 19.3 Å². The minimum atomic E-state index is 0.741. The maximum Gasteiger partial charge on any atom is 0.00989 e. The number of rotatable bonds is 3. The van der Waals surface area contributed by atoms with Gasteiger partial charge in [-0.3, -0.25) is 0 Å². The number of nitrogens with one attached hydrogen (secondary N) is 1. The zero-order valence-electron chi connectivity index (χ0n) is 9.24. The van der Waals surface area contributed by atoms with Gasteiger partial charge in [0.2, 0.25) is 0 Å². The molecular weight excluding hydrogens is 170 g/mol. The van der Waals surface area contributed by atoms with Crippen LogP contribution in [-0.4, -0.2) is 12.1 Å². The molecule has 14 heavy (non-hydrogen) atoms. The van der Waals surface area contributed by atoms with Crippen molar-refractivity contribution >= 4 is 0 Å². The third kappa shape index (κ3) is 1.42. The van der Waals surface area contributed by atoms with Crippen LogP contribution in [0.2, 0.25) is 0 Å². The van der Waals surface area contributed by atoms with E-state index >= 15 is 0 Å². The van der Waals surface area contributed by atoms with Gasteiger partial charge in [-0.1, -0.05) is 19.1 Å². The summed E-state index contributed by atoms with van der Waals surface area (Å²) in [6.45, 7) is 4.75. The first-order chi connectivity index (χ1) is 6.74. The molecule has 0 aromatic heterocycles. The number of hydrogen-bond acceptors (Lipinski definition) is 1. The predicted molar refractivity (Wildman–Crippen MR) is 59.0 cm³/mol. The highest BCUT2D eigenvalue weighted by molar-refractivity contribution is 5.12. The predicted octanol–water partition coefficient (Wildman–Crippen LogP) is 2.59. The fourth-order valence-electron chi connectivity index (χ4n) is 3.41. The highest BCUT2D eigenvalue weighted by Gasteiger charge is 2.41. The number of allylic oxidation sites excluding steroid dienone is 2. The average Bonchev–Trinajstić information content (AvgIpc) is 2.67. The van der Waals surface area contributed by atoms with Crippen LogP contribution < -0.4 is 5.32 Å². The van der Waals surface area contributed by atoms with Crippen LogP contribution in [0.1, 0.15) is 33.1 Å². The minimum Gasteiger partial charge on any atom is -0.311 e. The maximum absolute atomic E-state index is 3.80. The second-order valence-electron chi connectivity index (χ2n) is 5.72. The second kappa shape index (κ2) is 3.10. The normalized spacial score (nSPS) is 51.1. The Kier molecular flexibility index (Phi) is 1.98. The third-order valence-corrected chi connectivity index (χ3v) is 4.56. The Hall–Kier alpha value is -0.300. The van der Waals surface area contributed by atoms with Crippen LogP contribution in [0.25, 0.3) is 0 Å². The molecule has 1 heteroatoms. The van der Waals surface area contributed by atoms with E-state index in [1.807, 2.05) is 0 Å². The van der Waals surface area contributed by atoms with Crippen molar-refractivity contribution < 1.29 is 0 Å². The SMILES string of the molecule is CC1CC1NC(C)C1CC2C=CC1C2. The Labute approximate surface area is 87.0 Å². The molecule has 3 aliphatic carbocycles. The van der Waals surface area contributed by atoms with Gasteiger partial charge in [0.25, 0.3) is 0 Å². The summed E-state index contributed by atoms with van der Waals surface area (Å²) in [6, 6.07) is 1.58. The molecule has 0 amide bonds. The monoisotopic (exact) mass is 191 g/mol. The van der Waals surface area contributed by atoms with Crippen LogP contribution in [0, 0.1) is 23.7 Å². The van der Waals surface area contributed by atoms with Crippen molar-refractivity contribution in [2.75, 3.05) is 0 Å². The van der Waals surface area contributed by atoms with Crippen LogP contribution in [0.15, 0.2) is 12.2 Å². The van der Waals surface area contributed by atoms with Crippen molar-refractivity contribution in [2.45, 2.75) is 45.2 Å². The zero-order valence-corrected chi connectivity index (χ0v) is 9.24. The molecule has 0 heterocycles. The van der Waals surface area contributed by atoms with Crippen molar-refractivity contribution in [1.82, 2.24) is 5.32 Å². The van der Waals surface area contributed by atoms with Crippen molar-refractivity contribution in [3.8, 4) is 0 Å². The lowest BCUT2D eigenvalue weighted by Gasteiger charge is -2.26. The van der Waals surface area contributed by atoms with Crippen LogP contribution in [0.3, 0.4) is 0 Å². The molecule has 3 aliphatic rings. The first kappa shape index (κ1) is 8.96. The van der Waals surface area contributed by atoms with Gasteiger partial charge in [-0.15, -0.1) is 0 Å². The summed E-state index contributed by atoms with van der Waals surface area (Å²) in [7, 11) is 0. The molecule has 3 rings (SSSR count).